The minimum atomic E-state index is -3.43. The second-order valence-corrected chi connectivity index (χ2v) is 8.38. The molecular weight excluding hydrogens is 266 g/mol. The van der Waals surface area contributed by atoms with E-state index in [1.807, 2.05) is 20.8 Å². The van der Waals surface area contributed by atoms with Gasteiger partial charge in [-0.2, -0.15) is 0 Å². The fraction of sp³-hybridized carbons (Fsp3) is 0.923. The van der Waals surface area contributed by atoms with Crippen molar-refractivity contribution in [3.63, 3.8) is 0 Å². The van der Waals surface area contributed by atoms with Gasteiger partial charge in [0, 0.05) is 6.04 Å². The second kappa shape index (κ2) is 6.22. The van der Waals surface area contributed by atoms with Crippen LogP contribution in [0.1, 0.15) is 52.9 Å². The number of sulfonamides is 1. The van der Waals surface area contributed by atoms with E-state index in [1.54, 1.807) is 0 Å². The molecule has 1 fully saturated rings. The summed E-state index contributed by atoms with van der Waals surface area (Å²) in [6.45, 7) is 5.57. The van der Waals surface area contributed by atoms with Gasteiger partial charge in [-0.05, 0) is 18.3 Å². The van der Waals surface area contributed by atoms with Crippen LogP contribution in [0.4, 0.5) is 0 Å². The lowest BCUT2D eigenvalue weighted by atomic mass is 9.96. The van der Waals surface area contributed by atoms with Crippen LogP contribution in [0.15, 0.2) is 0 Å². The number of carboxylic acid groups (broad SMARTS) is 1. The Labute approximate surface area is 115 Å². The summed E-state index contributed by atoms with van der Waals surface area (Å²) >= 11 is 0. The van der Waals surface area contributed by atoms with E-state index in [4.69, 9.17) is 0 Å². The molecule has 2 atom stereocenters. The maximum Gasteiger partial charge on any atom is 0.308 e. The minimum absolute atomic E-state index is 0.0167. The highest BCUT2D eigenvalue weighted by atomic mass is 32.2. The first kappa shape index (κ1) is 16.4. The highest BCUT2D eigenvalue weighted by Gasteiger charge is 2.33. The molecule has 0 saturated heterocycles. The summed E-state index contributed by atoms with van der Waals surface area (Å²) in [5.41, 5.74) is -0.338. The summed E-state index contributed by atoms with van der Waals surface area (Å²) in [7, 11) is -3.43. The Kier molecular flexibility index (Phi) is 5.38. The van der Waals surface area contributed by atoms with Gasteiger partial charge >= 0.3 is 5.97 Å². The first-order valence-corrected chi connectivity index (χ1v) is 8.49. The van der Waals surface area contributed by atoms with Crippen LogP contribution < -0.4 is 4.72 Å². The van der Waals surface area contributed by atoms with E-state index in [9.17, 15) is 18.3 Å². The van der Waals surface area contributed by atoms with Gasteiger partial charge in [0.25, 0.3) is 0 Å². The molecule has 19 heavy (non-hydrogen) atoms. The van der Waals surface area contributed by atoms with Crippen molar-refractivity contribution < 1.29 is 18.3 Å². The summed E-state index contributed by atoms with van der Waals surface area (Å²) in [6, 6.07) is -0.465. The molecule has 6 heteroatoms. The molecule has 0 aromatic carbocycles. The number of hydrogen-bond donors (Lipinski definition) is 2. The zero-order valence-corrected chi connectivity index (χ0v) is 12.8. The van der Waals surface area contributed by atoms with E-state index >= 15 is 0 Å². The molecule has 1 aliphatic rings. The Hall–Kier alpha value is -0.620. The Morgan fingerprint density at radius 1 is 1.21 bits per heavy atom. The largest absolute Gasteiger partial charge is 0.481 e. The van der Waals surface area contributed by atoms with Crippen LogP contribution in [-0.4, -0.2) is 31.3 Å². The maximum atomic E-state index is 12.1. The second-order valence-electron chi connectivity index (χ2n) is 6.63. The van der Waals surface area contributed by atoms with E-state index in [-0.39, 0.29) is 11.2 Å². The smallest absolute Gasteiger partial charge is 0.308 e. The first-order chi connectivity index (χ1) is 8.61. The lowest BCUT2D eigenvalue weighted by Gasteiger charge is -2.25. The van der Waals surface area contributed by atoms with Gasteiger partial charge in [-0.1, -0.05) is 40.0 Å². The average Bonchev–Trinajstić information content (AvgIpc) is 2.38. The fourth-order valence-electron chi connectivity index (χ4n) is 2.59. The standard InChI is InChI=1S/C13H25NO4S/c1-13(2,3)9-19(17,18)14-11-8-6-4-5-7-10(11)12(15)16/h10-11,14H,4-9H2,1-3H3,(H,15,16). The number of rotatable bonds is 4. The number of aliphatic carboxylic acids is 1. The molecular formula is C13H25NO4S. The van der Waals surface area contributed by atoms with Gasteiger partial charge in [0.2, 0.25) is 10.0 Å². The monoisotopic (exact) mass is 291 g/mol. The number of carbonyl (C=O) groups is 1. The zero-order valence-electron chi connectivity index (χ0n) is 12.0. The summed E-state index contributed by atoms with van der Waals surface area (Å²) in [6.07, 6.45) is 3.88. The molecule has 0 amide bonds. The molecule has 0 radical (unpaired) electrons. The van der Waals surface area contributed by atoms with Crippen LogP contribution in [-0.2, 0) is 14.8 Å². The van der Waals surface area contributed by atoms with Crippen molar-refractivity contribution in [1.82, 2.24) is 4.72 Å². The molecule has 1 rings (SSSR count). The van der Waals surface area contributed by atoms with Crippen molar-refractivity contribution in [3.05, 3.63) is 0 Å². The minimum Gasteiger partial charge on any atom is -0.481 e. The van der Waals surface area contributed by atoms with Crippen LogP contribution in [0.25, 0.3) is 0 Å². The predicted molar refractivity (Wildman–Crippen MR) is 74.4 cm³/mol. The quantitative estimate of drug-likeness (QED) is 0.776. The highest BCUT2D eigenvalue weighted by molar-refractivity contribution is 7.89. The van der Waals surface area contributed by atoms with Crippen molar-refractivity contribution in [2.24, 2.45) is 11.3 Å². The Morgan fingerprint density at radius 2 is 1.79 bits per heavy atom. The normalized spacial score (nSPS) is 25.8. The van der Waals surface area contributed by atoms with Crippen molar-refractivity contribution in [2.75, 3.05) is 5.75 Å². The third-order valence-corrected chi connectivity index (χ3v) is 5.20. The van der Waals surface area contributed by atoms with Gasteiger partial charge in [-0.25, -0.2) is 13.1 Å². The first-order valence-electron chi connectivity index (χ1n) is 6.83. The van der Waals surface area contributed by atoms with Crippen LogP contribution in [0, 0.1) is 11.3 Å². The number of carboxylic acids is 1. The van der Waals surface area contributed by atoms with E-state index in [0.29, 0.717) is 12.8 Å². The highest BCUT2D eigenvalue weighted by Crippen LogP contribution is 2.25. The maximum absolute atomic E-state index is 12.1. The van der Waals surface area contributed by atoms with E-state index in [1.165, 1.54) is 0 Å². The van der Waals surface area contributed by atoms with Gasteiger partial charge in [-0.15, -0.1) is 0 Å². The molecule has 0 aliphatic heterocycles. The summed E-state index contributed by atoms with van der Waals surface area (Å²) in [4.78, 5) is 11.3. The van der Waals surface area contributed by atoms with Gasteiger partial charge in [0.1, 0.15) is 0 Å². The SMILES string of the molecule is CC(C)(C)CS(=O)(=O)NC1CCCCCC1C(=O)O. The topological polar surface area (TPSA) is 83.5 Å². The molecule has 0 aromatic heterocycles. The third kappa shape index (κ3) is 5.91. The average molecular weight is 291 g/mol. The van der Waals surface area contributed by atoms with Crippen LogP contribution >= 0.6 is 0 Å². The molecule has 0 heterocycles. The van der Waals surface area contributed by atoms with E-state index in [0.717, 1.165) is 19.3 Å². The molecule has 0 spiro atoms. The van der Waals surface area contributed by atoms with Crippen LogP contribution in [0.5, 0.6) is 0 Å². The summed E-state index contributed by atoms with van der Waals surface area (Å²) in [5, 5.41) is 9.23. The van der Waals surface area contributed by atoms with Crippen molar-refractivity contribution in [2.45, 2.75) is 58.9 Å². The molecule has 112 valence electrons. The molecule has 1 aliphatic carbocycles. The lowest BCUT2D eigenvalue weighted by Crippen LogP contribution is -2.45. The summed E-state index contributed by atoms with van der Waals surface area (Å²) < 4.78 is 26.8. The molecule has 2 unspecified atom stereocenters. The van der Waals surface area contributed by atoms with Crippen molar-refractivity contribution in [3.8, 4) is 0 Å². The molecule has 1 saturated carbocycles. The van der Waals surface area contributed by atoms with Crippen molar-refractivity contribution >= 4 is 16.0 Å². The Bertz CT molecular complexity index is 411. The molecule has 5 nitrogen and oxygen atoms in total. The van der Waals surface area contributed by atoms with Crippen molar-refractivity contribution in [1.29, 1.82) is 0 Å². The van der Waals surface area contributed by atoms with Gasteiger partial charge in [0.15, 0.2) is 0 Å². The molecule has 2 N–H and O–H groups in total. The van der Waals surface area contributed by atoms with Crippen LogP contribution in [0.3, 0.4) is 0 Å². The summed E-state index contributed by atoms with van der Waals surface area (Å²) in [5.74, 6) is -1.48. The number of hydrogen-bond acceptors (Lipinski definition) is 3. The molecule has 0 aromatic rings. The van der Waals surface area contributed by atoms with E-state index in [2.05, 4.69) is 4.72 Å². The van der Waals surface area contributed by atoms with Gasteiger partial charge in [-0.3, -0.25) is 4.79 Å². The van der Waals surface area contributed by atoms with Crippen LogP contribution in [0.2, 0.25) is 0 Å². The Balaban J connectivity index is 2.78. The Morgan fingerprint density at radius 3 is 2.32 bits per heavy atom. The zero-order chi connectivity index (χ0) is 14.7. The van der Waals surface area contributed by atoms with E-state index < -0.39 is 28.0 Å². The number of nitrogens with one attached hydrogen (secondary N) is 1. The predicted octanol–water partition coefficient (Wildman–Crippen LogP) is 1.99. The molecule has 0 bridgehead atoms. The van der Waals surface area contributed by atoms with Gasteiger partial charge < -0.3 is 5.11 Å². The fourth-order valence-corrected chi connectivity index (χ4v) is 4.55. The lowest BCUT2D eigenvalue weighted by molar-refractivity contribution is -0.142. The third-order valence-electron chi connectivity index (χ3n) is 3.29. The van der Waals surface area contributed by atoms with Gasteiger partial charge in [0.05, 0.1) is 11.7 Å².